The molecule has 2 aromatic rings. The van der Waals surface area contributed by atoms with Crippen molar-refractivity contribution in [3.63, 3.8) is 0 Å². The molecule has 26 heavy (non-hydrogen) atoms. The van der Waals surface area contributed by atoms with E-state index in [4.69, 9.17) is 0 Å². The number of carbonyl (C=O) groups excluding carboxylic acids is 1. The van der Waals surface area contributed by atoms with Crippen LogP contribution in [0.3, 0.4) is 0 Å². The van der Waals surface area contributed by atoms with E-state index in [0.717, 1.165) is 24.3 Å². The highest BCUT2D eigenvalue weighted by molar-refractivity contribution is 7.89. The highest BCUT2D eigenvalue weighted by Crippen LogP contribution is 2.14. The molecule has 0 atom stereocenters. The Morgan fingerprint density at radius 1 is 1.23 bits per heavy atom. The van der Waals surface area contributed by atoms with Gasteiger partial charge in [-0.25, -0.2) is 13.1 Å². The lowest BCUT2D eigenvalue weighted by atomic mass is 10.2. The first-order valence-electron chi connectivity index (χ1n) is 7.44. The van der Waals surface area contributed by atoms with Crippen LogP contribution in [-0.2, 0) is 23.1 Å². The first-order chi connectivity index (χ1) is 12.1. The van der Waals surface area contributed by atoms with Crippen molar-refractivity contribution in [3.8, 4) is 0 Å². The third-order valence-electron chi connectivity index (χ3n) is 3.33. The quantitative estimate of drug-likeness (QED) is 0.734. The zero-order valence-electron chi connectivity index (χ0n) is 13.6. The van der Waals surface area contributed by atoms with Crippen LogP contribution in [-0.4, -0.2) is 41.8 Å². The summed E-state index contributed by atoms with van der Waals surface area (Å²) in [6, 6.07) is 4.54. The molecule has 0 saturated carbocycles. The third-order valence-corrected chi connectivity index (χ3v) is 4.75. The van der Waals surface area contributed by atoms with Gasteiger partial charge in [0.15, 0.2) is 0 Å². The zero-order valence-corrected chi connectivity index (χ0v) is 14.4. The fourth-order valence-corrected chi connectivity index (χ4v) is 2.97. The van der Waals surface area contributed by atoms with Gasteiger partial charge < -0.3 is 9.88 Å². The summed E-state index contributed by atoms with van der Waals surface area (Å²) < 4.78 is 64.8. The lowest BCUT2D eigenvalue weighted by Gasteiger charge is -2.10. The van der Waals surface area contributed by atoms with Gasteiger partial charge in [0.25, 0.3) is 5.91 Å². The Hall–Kier alpha value is -2.47. The van der Waals surface area contributed by atoms with Crippen LogP contribution in [0.25, 0.3) is 0 Å². The lowest BCUT2D eigenvalue weighted by molar-refractivity contribution is -0.123. The third kappa shape index (κ3) is 5.26. The SMILES string of the molecule is CCn1cnnc1CNS(=O)(=O)c1ccc(C(=O)NCC(F)(F)F)cc1. The minimum atomic E-state index is -4.53. The molecule has 0 radical (unpaired) electrons. The highest BCUT2D eigenvalue weighted by atomic mass is 32.2. The maximum atomic E-state index is 12.2. The predicted octanol–water partition coefficient (Wildman–Crippen LogP) is 1.07. The number of nitrogens with one attached hydrogen (secondary N) is 2. The molecule has 8 nitrogen and oxygen atoms in total. The molecule has 0 saturated heterocycles. The summed E-state index contributed by atoms with van der Waals surface area (Å²) in [5.74, 6) is -0.519. The average Bonchev–Trinajstić information content (AvgIpc) is 3.05. The first kappa shape index (κ1) is 19.8. The van der Waals surface area contributed by atoms with Crippen LogP contribution in [0.15, 0.2) is 35.5 Å². The summed E-state index contributed by atoms with van der Waals surface area (Å²) in [5.41, 5.74) is -0.0843. The molecule has 0 spiro atoms. The van der Waals surface area contributed by atoms with Gasteiger partial charge in [0, 0.05) is 12.1 Å². The number of alkyl halides is 3. The van der Waals surface area contributed by atoms with Crippen LogP contribution in [0.5, 0.6) is 0 Å². The second kappa shape index (κ2) is 7.83. The Bertz CT molecular complexity index is 863. The Labute approximate surface area is 147 Å². The van der Waals surface area contributed by atoms with Gasteiger partial charge in [-0.1, -0.05) is 0 Å². The molecule has 12 heteroatoms. The number of nitrogens with zero attached hydrogens (tertiary/aromatic N) is 3. The van der Waals surface area contributed by atoms with Crippen LogP contribution in [0.2, 0.25) is 0 Å². The Kier molecular flexibility index (Phi) is 5.97. The summed E-state index contributed by atoms with van der Waals surface area (Å²) in [4.78, 5) is 11.5. The van der Waals surface area contributed by atoms with Gasteiger partial charge in [-0.05, 0) is 31.2 Å². The lowest BCUT2D eigenvalue weighted by Crippen LogP contribution is -2.33. The smallest absolute Gasteiger partial charge is 0.343 e. The second-order valence-corrected chi connectivity index (χ2v) is 6.95. The standard InChI is InChI=1S/C14H16F3N5O3S/c1-2-22-9-19-21-12(22)7-20-26(24,25)11-5-3-10(4-6-11)13(23)18-8-14(15,16)17/h3-6,9,20H,2,7-8H2,1H3,(H,18,23). The maximum Gasteiger partial charge on any atom is 0.405 e. The molecule has 1 heterocycles. The van der Waals surface area contributed by atoms with Crippen molar-refractivity contribution in [3.05, 3.63) is 42.0 Å². The zero-order chi connectivity index (χ0) is 19.4. The first-order valence-corrected chi connectivity index (χ1v) is 8.92. The number of hydrogen-bond donors (Lipinski definition) is 2. The van der Waals surface area contributed by atoms with E-state index in [2.05, 4.69) is 14.9 Å². The monoisotopic (exact) mass is 391 g/mol. The molecule has 0 aliphatic carbocycles. The van der Waals surface area contributed by atoms with Crippen molar-refractivity contribution < 1.29 is 26.4 Å². The van der Waals surface area contributed by atoms with E-state index in [-0.39, 0.29) is 17.0 Å². The molecule has 1 amide bonds. The fourth-order valence-electron chi connectivity index (χ4n) is 1.99. The minimum Gasteiger partial charge on any atom is -0.343 e. The van der Waals surface area contributed by atoms with E-state index in [1.165, 1.54) is 6.33 Å². The number of aromatic nitrogens is 3. The maximum absolute atomic E-state index is 12.2. The van der Waals surface area contributed by atoms with E-state index < -0.39 is 28.7 Å². The van der Waals surface area contributed by atoms with Crippen molar-refractivity contribution in [2.75, 3.05) is 6.54 Å². The molecule has 142 valence electrons. The molecule has 1 aromatic heterocycles. The Morgan fingerprint density at radius 3 is 2.46 bits per heavy atom. The topological polar surface area (TPSA) is 106 Å². The summed E-state index contributed by atoms with van der Waals surface area (Å²) >= 11 is 0. The van der Waals surface area contributed by atoms with Gasteiger partial charge in [0.1, 0.15) is 18.7 Å². The van der Waals surface area contributed by atoms with Crippen LogP contribution >= 0.6 is 0 Å². The normalized spacial score (nSPS) is 12.2. The average molecular weight is 391 g/mol. The predicted molar refractivity (Wildman–Crippen MR) is 84.6 cm³/mol. The summed E-state index contributed by atoms with van der Waals surface area (Å²) in [6.07, 6.45) is -3.06. The summed E-state index contributed by atoms with van der Waals surface area (Å²) in [7, 11) is -3.88. The molecule has 0 unspecified atom stereocenters. The van der Waals surface area contributed by atoms with Gasteiger partial charge in [-0.15, -0.1) is 10.2 Å². The van der Waals surface area contributed by atoms with Crippen molar-refractivity contribution >= 4 is 15.9 Å². The fraction of sp³-hybridized carbons (Fsp3) is 0.357. The molecular formula is C14H16F3N5O3S. The number of hydrogen-bond acceptors (Lipinski definition) is 5. The minimum absolute atomic E-state index is 0.0794. The van der Waals surface area contributed by atoms with Crippen LogP contribution in [0.1, 0.15) is 23.1 Å². The number of rotatable bonds is 7. The molecule has 0 bridgehead atoms. The number of benzene rings is 1. The van der Waals surface area contributed by atoms with Crippen molar-refractivity contribution in [1.29, 1.82) is 0 Å². The molecule has 0 aliphatic rings. The number of amides is 1. The molecule has 0 fully saturated rings. The second-order valence-electron chi connectivity index (χ2n) is 5.18. The van der Waals surface area contributed by atoms with E-state index in [1.54, 1.807) is 9.88 Å². The van der Waals surface area contributed by atoms with Crippen LogP contribution < -0.4 is 10.0 Å². The van der Waals surface area contributed by atoms with E-state index in [0.29, 0.717) is 12.4 Å². The molecule has 0 aliphatic heterocycles. The van der Waals surface area contributed by atoms with E-state index in [9.17, 15) is 26.4 Å². The van der Waals surface area contributed by atoms with Crippen LogP contribution in [0, 0.1) is 0 Å². The van der Waals surface area contributed by atoms with Crippen molar-refractivity contribution in [1.82, 2.24) is 24.8 Å². The highest BCUT2D eigenvalue weighted by Gasteiger charge is 2.28. The molecule has 2 N–H and O–H groups in total. The van der Waals surface area contributed by atoms with Gasteiger partial charge in [-0.2, -0.15) is 13.2 Å². The van der Waals surface area contributed by atoms with Gasteiger partial charge >= 0.3 is 6.18 Å². The number of carbonyl (C=O) groups is 1. The van der Waals surface area contributed by atoms with Gasteiger partial charge in [0.05, 0.1) is 11.4 Å². The molecule has 2 rings (SSSR count). The molecular weight excluding hydrogens is 375 g/mol. The Balaban J connectivity index is 2.03. The number of aryl methyl sites for hydroxylation is 1. The van der Waals surface area contributed by atoms with E-state index in [1.807, 2.05) is 6.92 Å². The number of halogens is 3. The Morgan fingerprint density at radius 2 is 1.88 bits per heavy atom. The van der Waals surface area contributed by atoms with Crippen molar-refractivity contribution in [2.24, 2.45) is 0 Å². The van der Waals surface area contributed by atoms with E-state index >= 15 is 0 Å². The summed E-state index contributed by atoms with van der Waals surface area (Å²) in [6.45, 7) is 0.880. The largest absolute Gasteiger partial charge is 0.405 e. The van der Waals surface area contributed by atoms with Gasteiger partial charge in [-0.3, -0.25) is 4.79 Å². The van der Waals surface area contributed by atoms with Gasteiger partial charge in [0.2, 0.25) is 10.0 Å². The van der Waals surface area contributed by atoms with Crippen molar-refractivity contribution in [2.45, 2.75) is 31.1 Å². The molecule has 1 aromatic carbocycles. The van der Waals surface area contributed by atoms with Crippen LogP contribution in [0.4, 0.5) is 13.2 Å². The summed E-state index contributed by atoms with van der Waals surface area (Å²) in [5, 5.41) is 9.19. The number of sulfonamides is 1.